The summed E-state index contributed by atoms with van der Waals surface area (Å²) in [6.45, 7) is 0. The maximum atomic E-state index is 6.25. The molecule has 0 aliphatic rings. The molecule has 1 aromatic carbocycles. The number of hydrogen-bond acceptors (Lipinski definition) is 1. The summed E-state index contributed by atoms with van der Waals surface area (Å²) < 4.78 is 2.07. The van der Waals surface area contributed by atoms with Gasteiger partial charge in [-0.2, -0.15) is 0 Å². The Balaban J connectivity index is 1.82. The third-order valence-electron chi connectivity index (χ3n) is 2.81. The van der Waals surface area contributed by atoms with Crippen molar-refractivity contribution in [3.05, 3.63) is 71.5 Å². The van der Waals surface area contributed by atoms with Gasteiger partial charge in [0.15, 0.2) is 0 Å². The lowest BCUT2D eigenvalue weighted by atomic mass is 10.2. The van der Waals surface area contributed by atoms with Crippen LogP contribution in [0.25, 0.3) is 5.52 Å². The number of benzene rings is 1. The van der Waals surface area contributed by atoms with Crippen molar-refractivity contribution in [2.45, 2.75) is 10.6 Å². The van der Waals surface area contributed by atoms with Crippen LogP contribution in [0, 0.1) is 0 Å². The van der Waals surface area contributed by atoms with Crippen molar-refractivity contribution in [1.29, 1.82) is 0 Å². The summed E-state index contributed by atoms with van der Waals surface area (Å²) in [6, 6.07) is 16.5. The highest BCUT2D eigenvalue weighted by molar-refractivity contribution is 7.98. The van der Waals surface area contributed by atoms with E-state index < -0.39 is 0 Å². The van der Waals surface area contributed by atoms with Crippen LogP contribution in [-0.2, 0) is 5.75 Å². The molecule has 0 N–H and O–H groups in total. The van der Waals surface area contributed by atoms with Gasteiger partial charge in [-0.05, 0) is 23.8 Å². The van der Waals surface area contributed by atoms with Crippen LogP contribution in [0.2, 0.25) is 5.02 Å². The van der Waals surface area contributed by atoms with Crippen LogP contribution in [0.15, 0.2) is 65.8 Å². The van der Waals surface area contributed by atoms with Crippen molar-refractivity contribution in [2.24, 2.45) is 0 Å². The average Bonchev–Trinajstić information content (AvgIpc) is 2.86. The lowest BCUT2D eigenvalue weighted by Gasteiger charge is -2.05. The molecule has 0 spiro atoms. The normalized spacial score (nSPS) is 10.9. The lowest BCUT2D eigenvalue weighted by molar-refractivity contribution is 1.14. The summed E-state index contributed by atoms with van der Waals surface area (Å²) in [7, 11) is 0. The van der Waals surface area contributed by atoms with Gasteiger partial charge in [0.25, 0.3) is 0 Å². The molecule has 0 saturated carbocycles. The molecule has 0 amide bonds. The Morgan fingerprint density at radius 1 is 1.06 bits per heavy atom. The Bertz CT molecular complexity index is 661. The molecule has 3 aromatic rings. The molecule has 18 heavy (non-hydrogen) atoms. The standard InChI is InChI=1S/C15H12ClNS/c16-14-9-13(10-17-8-4-7-15(14)17)18-11-12-5-2-1-3-6-12/h1-10H,11H2. The highest BCUT2D eigenvalue weighted by atomic mass is 35.5. The largest absolute Gasteiger partial charge is 0.321 e. The van der Waals surface area contributed by atoms with Gasteiger partial charge in [-0.1, -0.05) is 41.9 Å². The Labute approximate surface area is 115 Å². The highest BCUT2D eigenvalue weighted by Crippen LogP contribution is 2.28. The number of nitrogens with zero attached hydrogens (tertiary/aromatic N) is 1. The zero-order chi connectivity index (χ0) is 12.4. The van der Waals surface area contributed by atoms with Gasteiger partial charge in [-0.25, -0.2) is 0 Å². The predicted molar refractivity (Wildman–Crippen MR) is 78.4 cm³/mol. The van der Waals surface area contributed by atoms with Crippen molar-refractivity contribution in [3.63, 3.8) is 0 Å². The van der Waals surface area contributed by atoms with Gasteiger partial charge < -0.3 is 4.40 Å². The minimum atomic E-state index is 0.804. The van der Waals surface area contributed by atoms with Crippen LogP contribution in [-0.4, -0.2) is 4.40 Å². The van der Waals surface area contributed by atoms with Crippen LogP contribution in [0.1, 0.15) is 5.56 Å². The van der Waals surface area contributed by atoms with Gasteiger partial charge >= 0.3 is 0 Å². The fraction of sp³-hybridized carbons (Fsp3) is 0.0667. The van der Waals surface area contributed by atoms with Crippen LogP contribution in [0.3, 0.4) is 0 Å². The van der Waals surface area contributed by atoms with Crippen molar-refractivity contribution < 1.29 is 0 Å². The van der Waals surface area contributed by atoms with E-state index in [9.17, 15) is 0 Å². The molecule has 0 radical (unpaired) electrons. The molecule has 0 aliphatic heterocycles. The first-order chi connectivity index (χ1) is 8.83. The molecule has 3 heteroatoms. The Kier molecular flexibility index (Phi) is 3.31. The molecule has 0 fully saturated rings. The molecule has 90 valence electrons. The molecular formula is C15H12ClNS. The second kappa shape index (κ2) is 5.09. The van der Waals surface area contributed by atoms with Gasteiger partial charge in [0.2, 0.25) is 0 Å². The maximum absolute atomic E-state index is 6.25. The van der Waals surface area contributed by atoms with Crippen molar-refractivity contribution in [2.75, 3.05) is 0 Å². The second-order valence-corrected chi connectivity index (χ2v) is 5.55. The Hall–Kier alpha value is -1.38. The van der Waals surface area contributed by atoms with E-state index >= 15 is 0 Å². The minimum Gasteiger partial charge on any atom is -0.321 e. The number of aromatic nitrogens is 1. The summed E-state index contributed by atoms with van der Waals surface area (Å²) >= 11 is 8.05. The minimum absolute atomic E-state index is 0.804. The number of thioether (sulfide) groups is 1. The SMILES string of the molecule is Clc1cc(SCc2ccccc2)cn2cccc12. The van der Waals surface area contributed by atoms with Crippen molar-refractivity contribution >= 4 is 28.9 Å². The fourth-order valence-electron chi connectivity index (χ4n) is 1.90. The predicted octanol–water partition coefficient (Wildman–Crippen LogP) is 4.89. The number of pyridine rings is 1. The van der Waals surface area contributed by atoms with E-state index in [0.717, 1.165) is 16.3 Å². The van der Waals surface area contributed by atoms with Gasteiger partial charge in [0.1, 0.15) is 0 Å². The fourth-order valence-corrected chi connectivity index (χ4v) is 3.16. The molecule has 0 aliphatic carbocycles. The van der Waals surface area contributed by atoms with Gasteiger partial charge in [-0.15, -0.1) is 11.8 Å². The summed E-state index contributed by atoms with van der Waals surface area (Å²) in [4.78, 5) is 1.19. The van der Waals surface area contributed by atoms with E-state index in [-0.39, 0.29) is 0 Å². The summed E-state index contributed by atoms with van der Waals surface area (Å²) in [5.74, 6) is 0.962. The lowest BCUT2D eigenvalue weighted by Crippen LogP contribution is -1.85. The number of hydrogen-bond donors (Lipinski definition) is 0. The molecule has 2 aromatic heterocycles. The zero-order valence-electron chi connectivity index (χ0n) is 9.71. The van der Waals surface area contributed by atoms with Crippen LogP contribution in [0.5, 0.6) is 0 Å². The molecule has 0 unspecified atom stereocenters. The summed E-state index contributed by atoms with van der Waals surface area (Å²) in [6.07, 6.45) is 4.14. The summed E-state index contributed by atoms with van der Waals surface area (Å²) in [5, 5.41) is 0.804. The Morgan fingerprint density at radius 2 is 1.89 bits per heavy atom. The van der Waals surface area contributed by atoms with Crippen molar-refractivity contribution in [3.8, 4) is 0 Å². The smallest absolute Gasteiger partial charge is 0.0658 e. The van der Waals surface area contributed by atoms with Gasteiger partial charge in [0, 0.05) is 23.0 Å². The topological polar surface area (TPSA) is 4.41 Å². The quantitative estimate of drug-likeness (QED) is 0.615. The van der Waals surface area contributed by atoms with Crippen LogP contribution in [0.4, 0.5) is 0 Å². The van der Waals surface area contributed by atoms with E-state index in [2.05, 4.69) is 34.9 Å². The molecule has 0 bridgehead atoms. The summed E-state index contributed by atoms with van der Waals surface area (Å²) in [5.41, 5.74) is 2.38. The van der Waals surface area contributed by atoms with E-state index in [1.165, 1.54) is 10.5 Å². The van der Waals surface area contributed by atoms with E-state index in [0.29, 0.717) is 0 Å². The van der Waals surface area contributed by atoms with Crippen LogP contribution >= 0.6 is 23.4 Å². The molecular weight excluding hydrogens is 262 g/mol. The van der Waals surface area contributed by atoms with E-state index in [4.69, 9.17) is 11.6 Å². The third kappa shape index (κ3) is 2.40. The maximum Gasteiger partial charge on any atom is 0.0658 e. The Morgan fingerprint density at radius 3 is 2.72 bits per heavy atom. The third-order valence-corrected chi connectivity index (χ3v) is 4.14. The number of halogens is 1. The first kappa shape index (κ1) is 11.7. The van der Waals surface area contributed by atoms with E-state index in [1.807, 2.05) is 30.5 Å². The second-order valence-electron chi connectivity index (χ2n) is 4.10. The van der Waals surface area contributed by atoms with Crippen molar-refractivity contribution in [1.82, 2.24) is 4.40 Å². The first-order valence-electron chi connectivity index (χ1n) is 5.76. The van der Waals surface area contributed by atoms with Gasteiger partial charge in [0.05, 0.1) is 10.5 Å². The molecule has 0 saturated heterocycles. The first-order valence-corrected chi connectivity index (χ1v) is 7.12. The monoisotopic (exact) mass is 273 g/mol. The van der Waals surface area contributed by atoms with Crippen LogP contribution < -0.4 is 0 Å². The average molecular weight is 274 g/mol. The molecule has 0 atom stereocenters. The van der Waals surface area contributed by atoms with E-state index in [1.54, 1.807) is 11.8 Å². The molecule has 2 heterocycles. The number of rotatable bonds is 3. The van der Waals surface area contributed by atoms with Gasteiger partial charge in [-0.3, -0.25) is 0 Å². The molecule has 3 rings (SSSR count). The molecule has 1 nitrogen and oxygen atoms in total. The highest BCUT2D eigenvalue weighted by Gasteiger charge is 2.03. The number of fused-ring (bicyclic) bond motifs is 1. The zero-order valence-corrected chi connectivity index (χ0v) is 11.3.